The van der Waals surface area contributed by atoms with E-state index >= 15 is 0 Å². The van der Waals surface area contributed by atoms with Crippen LogP contribution in [0.25, 0.3) is 11.0 Å². The monoisotopic (exact) mass is 387 g/mol. The fourth-order valence-electron chi connectivity index (χ4n) is 2.67. The van der Waals surface area contributed by atoms with Gasteiger partial charge < -0.3 is 19.2 Å². The number of fused-ring (bicyclic) bond motifs is 1. The number of esters is 1. The molecule has 0 aliphatic heterocycles. The Bertz CT molecular complexity index is 1020. The summed E-state index contributed by atoms with van der Waals surface area (Å²) in [6.45, 7) is 3.14. The minimum Gasteiger partial charge on any atom is -0.497 e. The Morgan fingerprint density at radius 3 is 2.63 bits per heavy atom. The number of methoxy groups -OCH3 is 1. The van der Waals surface area contributed by atoms with Crippen molar-refractivity contribution in [2.75, 3.05) is 19.0 Å². The topological polar surface area (TPSA) is 77.8 Å². The first-order valence-electron chi connectivity index (χ1n) is 8.19. The molecule has 0 aliphatic carbocycles. The number of carbonyl (C=O) groups excluding carboxylic acids is 2. The highest BCUT2D eigenvalue weighted by molar-refractivity contribution is 6.30. The molecule has 27 heavy (non-hydrogen) atoms. The maximum absolute atomic E-state index is 12.3. The number of furan rings is 1. The molecular weight excluding hydrogens is 370 g/mol. The Labute approximate surface area is 161 Å². The molecule has 0 fully saturated rings. The number of amides is 1. The van der Waals surface area contributed by atoms with Crippen LogP contribution in [0.4, 0.5) is 5.69 Å². The Morgan fingerprint density at radius 1 is 1.15 bits per heavy atom. The fourth-order valence-corrected chi connectivity index (χ4v) is 2.90. The van der Waals surface area contributed by atoms with Crippen molar-refractivity contribution in [2.24, 2.45) is 0 Å². The van der Waals surface area contributed by atoms with E-state index < -0.39 is 18.5 Å². The molecular formula is C20H18ClNO5. The van der Waals surface area contributed by atoms with Gasteiger partial charge in [0.1, 0.15) is 11.3 Å². The summed E-state index contributed by atoms with van der Waals surface area (Å²) in [7, 11) is 1.56. The minimum atomic E-state index is -0.703. The highest BCUT2D eigenvalue weighted by Crippen LogP contribution is 2.29. The molecule has 3 rings (SSSR count). The Kier molecular flexibility index (Phi) is 5.37. The SMILES string of the molecule is COc1ccc2oc(C(=O)OCC(=O)Nc3ccc(Cl)cc3C)c(C)c2c1. The Balaban J connectivity index is 1.67. The van der Waals surface area contributed by atoms with E-state index in [-0.39, 0.29) is 5.76 Å². The van der Waals surface area contributed by atoms with E-state index in [2.05, 4.69) is 5.32 Å². The van der Waals surface area contributed by atoms with Crippen LogP contribution >= 0.6 is 11.6 Å². The fraction of sp³-hybridized carbons (Fsp3) is 0.200. The zero-order valence-corrected chi connectivity index (χ0v) is 15.8. The summed E-state index contributed by atoms with van der Waals surface area (Å²) in [5.74, 6) is -0.437. The van der Waals surface area contributed by atoms with Gasteiger partial charge >= 0.3 is 5.97 Å². The third kappa shape index (κ3) is 4.06. The summed E-state index contributed by atoms with van der Waals surface area (Å²) in [4.78, 5) is 24.4. The standard InChI is InChI=1S/C20H18ClNO5/c1-11-8-13(21)4-6-16(11)22-18(23)10-26-20(24)19-12(2)15-9-14(25-3)5-7-17(15)27-19/h4-9H,10H2,1-3H3,(H,22,23). The average molecular weight is 388 g/mol. The molecule has 0 saturated heterocycles. The molecule has 1 N–H and O–H groups in total. The highest BCUT2D eigenvalue weighted by atomic mass is 35.5. The molecule has 140 valence electrons. The van der Waals surface area contributed by atoms with E-state index in [1.54, 1.807) is 50.4 Å². The Hall–Kier alpha value is -2.99. The van der Waals surface area contributed by atoms with Gasteiger partial charge in [-0.1, -0.05) is 11.6 Å². The lowest BCUT2D eigenvalue weighted by molar-refractivity contribution is -0.119. The third-order valence-electron chi connectivity index (χ3n) is 4.13. The van der Waals surface area contributed by atoms with Gasteiger partial charge in [0.05, 0.1) is 7.11 Å². The van der Waals surface area contributed by atoms with Crippen molar-refractivity contribution in [3.8, 4) is 5.75 Å². The molecule has 0 radical (unpaired) electrons. The zero-order valence-electron chi connectivity index (χ0n) is 15.1. The summed E-state index contributed by atoms with van der Waals surface area (Å²) < 4.78 is 15.8. The van der Waals surface area contributed by atoms with Gasteiger partial charge in [0, 0.05) is 21.7 Å². The second kappa shape index (κ2) is 7.72. The molecule has 0 aliphatic rings. The van der Waals surface area contributed by atoms with Crippen LogP contribution in [0.2, 0.25) is 5.02 Å². The number of hydrogen-bond donors (Lipinski definition) is 1. The minimum absolute atomic E-state index is 0.0636. The van der Waals surface area contributed by atoms with E-state index in [9.17, 15) is 9.59 Å². The lowest BCUT2D eigenvalue weighted by Crippen LogP contribution is -2.21. The van der Waals surface area contributed by atoms with Crippen molar-refractivity contribution in [2.45, 2.75) is 13.8 Å². The molecule has 2 aromatic carbocycles. The van der Waals surface area contributed by atoms with Gasteiger partial charge in [-0.3, -0.25) is 4.79 Å². The lowest BCUT2D eigenvalue weighted by Gasteiger charge is -2.09. The maximum atomic E-state index is 12.3. The Morgan fingerprint density at radius 2 is 1.93 bits per heavy atom. The van der Waals surface area contributed by atoms with Crippen LogP contribution in [0.15, 0.2) is 40.8 Å². The molecule has 1 heterocycles. The van der Waals surface area contributed by atoms with Gasteiger partial charge in [0.15, 0.2) is 6.61 Å². The van der Waals surface area contributed by atoms with E-state index in [1.807, 2.05) is 6.92 Å². The van der Waals surface area contributed by atoms with Crippen molar-refractivity contribution in [3.05, 3.63) is 58.3 Å². The maximum Gasteiger partial charge on any atom is 0.375 e. The van der Waals surface area contributed by atoms with Crippen molar-refractivity contribution < 1.29 is 23.5 Å². The van der Waals surface area contributed by atoms with Gasteiger partial charge in [0.25, 0.3) is 5.91 Å². The normalized spacial score (nSPS) is 10.7. The van der Waals surface area contributed by atoms with E-state index in [4.69, 9.17) is 25.5 Å². The van der Waals surface area contributed by atoms with Gasteiger partial charge in [-0.15, -0.1) is 0 Å². The summed E-state index contributed by atoms with van der Waals surface area (Å²) >= 11 is 5.89. The van der Waals surface area contributed by atoms with Crippen molar-refractivity contribution in [1.29, 1.82) is 0 Å². The zero-order chi connectivity index (χ0) is 19.6. The van der Waals surface area contributed by atoms with Crippen LogP contribution in [-0.2, 0) is 9.53 Å². The number of aryl methyl sites for hydroxylation is 2. The van der Waals surface area contributed by atoms with Crippen LogP contribution in [0.3, 0.4) is 0 Å². The molecule has 0 atom stereocenters. The highest BCUT2D eigenvalue weighted by Gasteiger charge is 2.20. The molecule has 1 aromatic heterocycles. The quantitative estimate of drug-likeness (QED) is 0.652. The molecule has 0 unspecified atom stereocenters. The predicted molar refractivity (Wildman–Crippen MR) is 103 cm³/mol. The number of rotatable bonds is 5. The smallest absolute Gasteiger partial charge is 0.375 e. The van der Waals surface area contributed by atoms with Crippen LogP contribution in [-0.4, -0.2) is 25.6 Å². The van der Waals surface area contributed by atoms with Gasteiger partial charge in [-0.25, -0.2) is 4.79 Å². The predicted octanol–water partition coefficient (Wildman–Crippen LogP) is 4.51. The van der Waals surface area contributed by atoms with Crippen molar-refractivity contribution in [1.82, 2.24) is 0 Å². The molecule has 0 saturated carbocycles. The molecule has 0 spiro atoms. The summed E-state index contributed by atoms with van der Waals surface area (Å²) in [5.41, 5.74) is 2.58. The third-order valence-corrected chi connectivity index (χ3v) is 4.36. The number of carbonyl (C=O) groups is 2. The molecule has 0 bridgehead atoms. The van der Waals surface area contributed by atoms with Crippen LogP contribution in [0.1, 0.15) is 21.7 Å². The first-order chi connectivity index (χ1) is 12.9. The number of anilines is 1. The summed E-state index contributed by atoms with van der Waals surface area (Å²) in [6.07, 6.45) is 0. The number of halogens is 1. The van der Waals surface area contributed by atoms with E-state index in [0.717, 1.165) is 10.9 Å². The second-order valence-corrected chi connectivity index (χ2v) is 6.44. The number of nitrogens with one attached hydrogen (secondary N) is 1. The van der Waals surface area contributed by atoms with Crippen LogP contribution < -0.4 is 10.1 Å². The first kappa shape index (κ1) is 18.8. The first-order valence-corrected chi connectivity index (χ1v) is 8.57. The largest absolute Gasteiger partial charge is 0.497 e. The second-order valence-electron chi connectivity index (χ2n) is 6.00. The van der Waals surface area contributed by atoms with Gasteiger partial charge in [0.2, 0.25) is 5.76 Å². The van der Waals surface area contributed by atoms with Gasteiger partial charge in [-0.2, -0.15) is 0 Å². The van der Waals surface area contributed by atoms with E-state index in [1.165, 1.54) is 0 Å². The summed E-state index contributed by atoms with van der Waals surface area (Å²) in [6, 6.07) is 10.3. The number of hydrogen-bond acceptors (Lipinski definition) is 5. The lowest BCUT2D eigenvalue weighted by atomic mass is 10.1. The summed E-state index contributed by atoms with van der Waals surface area (Å²) in [5, 5.41) is 4.01. The number of ether oxygens (including phenoxy) is 2. The van der Waals surface area contributed by atoms with Crippen molar-refractivity contribution in [3.63, 3.8) is 0 Å². The molecule has 7 heteroatoms. The molecule has 1 amide bonds. The van der Waals surface area contributed by atoms with Crippen LogP contribution in [0.5, 0.6) is 5.75 Å². The number of benzene rings is 2. The van der Waals surface area contributed by atoms with Crippen LogP contribution in [0, 0.1) is 13.8 Å². The van der Waals surface area contributed by atoms with Crippen molar-refractivity contribution >= 4 is 40.1 Å². The van der Waals surface area contributed by atoms with E-state index in [0.29, 0.717) is 27.6 Å². The molecule has 3 aromatic rings. The average Bonchev–Trinajstić information content (AvgIpc) is 2.98. The van der Waals surface area contributed by atoms with Gasteiger partial charge in [-0.05, 0) is 55.8 Å². The molecule has 6 nitrogen and oxygen atoms in total.